The largest absolute Gasteiger partial charge is 0.508 e. The lowest BCUT2D eigenvalue weighted by atomic mass is 10.1. The van der Waals surface area contributed by atoms with Gasteiger partial charge >= 0.3 is 0 Å². The van der Waals surface area contributed by atoms with Gasteiger partial charge in [-0.1, -0.05) is 12.1 Å². The van der Waals surface area contributed by atoms with Crippen LogP contribution in [0.15, 0.2) is 36.5 Å². The van der Waals surface area contributed by atoms with Crippen LogP contribution >= 0.6 is 0 Å². The van der Waals surface area contributed by atoms with Gasteiger partial charge in [0.15, 0.2) is 0 Å². The lowest BCUT2D eigenvalue weighted by Crippen LogP contribution is -1.98. The normalized spacial score (nSPS) is 10.2. The minimum absolute atomic E-state index is 0.181. The molecule has 3 heteroatoms. The molecule has 1 aromatic rings. The van der Waals surface area contributed by atoms with Crippen molar-refractivity contribution in [2.75, 3.05) is 7.05 Å². The van der Waals surface area contributed by atoms with Gasteiger partial charge in [-0.2, -0.15) is 0 Å². The molecule has 0 aliphatic carbocycles. The molecule has 1 aromatic carbocycles. The highest BCUT2D eigenvalue weighted by Gasteiger charge is 1.97. The van der Waals surface area contributed by atoms with Crippen molar-refractivity contribution in [1.29, 1.82) is 5.41 Å². The topological polar surface area (TPSA) is 56.1 Å². The standard InChI is InChI=1S/C10H12N2O/c1-12-6-5-10(11)8-3-2-4-9(13)7-8/h2-7,11-13H,1H3/b6-5-,11-10?. The van der Waals surface area contributed by atoms with Gasteiger partial charge in [-0.3, -0.25) is 0 Å². The zero-order chi connectivity index (χ0) is 9.68. The maximum atomic E-state index is 9.15. The molecule has 0 bridgehead atoms. The summed E-state index contributed by atoms with van der Waals surface area (Å²) in [6.07, 6.45) is 3.31. The second-order valence-electron chi connectivity index (χ2n) is 2.59. The number of phenolic OH excluding ortho intramolecular Hbond substituents is 1. The summed E-state index contributed by atoms with van der Waals surface area (Å²) in [5.74, 6) is 0.181. The van der Waals surface area contributed by atoms with Gasteiger partial charge < -0.3 is 15.8 Å². The molecule has 68 valence electrons. The van der Waals surface area contributed by atoms with Crippen molar-refractivity contribution in [3.63, 3.8) is 0 Å². The van der Waals surface area contributed by atoms with E-state index in [0.717, 1.165) is 0 Å². The Morgan fingerprint density at radius 2 is 2.31 bits per heavy atom. The highest BCUT2D eigenvalue weighted by Crippen LogP contribution is 2.11. The molecule has 0 amide bonds. The molecule has 3 nitrogen and oxygen atoms in total. The number of hydrogen-bond acceptors (Lipinski definition) is 3. The van der Waals surface area contributed by atoms with Crippen LogP contribution in [0.4, 0.5) is 0 Å². The van der Waals surface area contributed by atoms with Gasteiger partial charge in [-0.15, -0.1) is 0 Å². The van der Waals surface area contributed by atoms with E-state index in [9.17, 15) is 0 Å². The van der Waals surface area contributed by atoms with Crippen molar-refractivity contribution in [3.8, 4) is 5.75 Å². The Hall–Kier alpha value is -1.77. The highest BCUT2D eigenvalue weighted by atomic mass is 16.3. The molecule has 0 atom stereocenters. The Kier molecular flexibility index (Phi) is 3.09. The molecule has 0 fully saturated rings. The summed E-state index contributed by atoms with van der Waals surface area (Å²) in [7, 11) is 1.77. The molecule has 3 N–H and O–H groups in total. The van der Waals surface area contributed by atoms with Gasteiger partial charge in [0.2, 0.25) is 0 Å². The van der Waals surface area contributed by atoms with Crippen molar-refractivity contribution < 1.29 is 5.11 Å². The molecule has 0 aliphatic rings. The number of aromatic hydroxyl groups is 1. The molecule has 1 rings (SSSR count). The smallest absolute Gasteiger partial charge is 0.116 e. The minimum Gasteiger partial charge on any atom is -0.508 e. The predicted octanol–water partition coefficient (Wildman–Crippen LogP) is 1.49. The van der Waals surface area contributed by atoms with Crippen LogP contribution in [-0.4, -0.2) is 17.9 Å². The Bertz CT molecular complexity index is 331. The van der Waals surface area contributed by atoms with Gasteiger partial charge in [0.1, 0.15) is 5.75 Å². The van der Waals surface area contributed by atoms with Crippen LogP contribution in [0.2, 0.25) is 0 Å². The zero-order valence-corrected chi connectivity index (χ0v) is 7.41. The molecular formula is C10H12N2O. The number of hydrogen-bond donors (Lipinski definition) is 3. The first-order valence-electron chi connectivity index (χ1n) is 3.96. The summed E-state index contributed by atoms with van der Waals surface area (Å²) in [4.78, 5) is 0. The summed E-state index contributed by atoms with van der Waals surface area (Å²) in [6.45, 7) is 0. The van der Waals surface area contributed by atoms with Crippen LogP contribution in [0.5, 0.6) is 5.75 Å². The average Bonchev–Trinajstić information content (AvgIpc) is 2.14. The lowest BCUT2D eigenvalue weighted by Gasteiger charge is -1.98. The van der Waals surface area contributed by atoms with Crippen LogP contribution in [0.3, 0.4) is 0 Å². The maximum Gasteiger partial charge on any atom is 0.116 e. The number of benzene rings is 1. The summed E-state index contributed by atoms with van der Waals surface area (Å²) in [5.41, 5.74) is 1.07. The third kappa shape index (κ3) is 2.63. The minimum atomic E-state index is 0.181. The lowest BCUT2D eigenvalue weighted by molar-refractivity contribution is 0.475. The quantitative estimate of drug-likeness (QED) is 0.611. The second kappa shape index (κ2) is 4.30. The fourth-order valence-electron chi connectivity index (χ4n) is 0.936. The number of nitrogens with one attached hydrogen (secondary N) is 2. The van der Waals surface area contributed by atoms with Gasteiger partial charge in [-0.05, 0) is 24.4 Å². The van der Waals surface area contributed by atoms with Crippen LogP contribution < -0.4 is 5.32 Å². The predicted molar refractivity (Wildman–Crippen MR) is 53.1 cm³/mol. The van der Waals surface area contributed by atoms with Gasteiger partial charge in [0, 0.05) is 12.6 Å². The van der Waals surface area contributed by atoms with E-state index in [1.807, 2.05) is 0 Å². The van der Waals surface area contributed by atoms with E-state index >= 15 is 0 Å². The molecule has 0 spiro atoms. The van der Waals surface area contributed by atoms with Crippen LogP contribution in [-0.2, 0) is 0 Å². The van der Waals surface area contributed by atoms with Gasteiger partial charge in [0.25, 0.3) is 0 Å². The highest BCUT2D eigenvalue weighted by molar-refractivity contribution is 6.06. The molecular weight excluding hydrogens is 164 g/mol. The third-order valence-electron chi connectivity index (χ3n) is 1.57. The van der Waals surface area contributed by atoms with Crippen molar-refractivity contribution in [2.24, 2.45) is 0 Å². The summed E-state index contributed by atoms with van der Waals surface area (Å²) in [6, 6.07) is 6.63. The van der Waals surface area contributed by atoms with E-state index in [4.69, 9.17) is 10.5 Å². The molecule has 0 aromatic heterocycles. The average molecular weight is 176 g/mol. The van der Waals surface area contributed by atoms with E-state index in [1.54, 1.807) is 43.6 Å². The first-order chi connectivity index (χ1) is 6.24. The van der Waals surface area contributed by atoms with Crippen LogP contribution in [0.25, 0.3) is 0 Å². The van der Waals surface area contributed by atoms with Gasteiger partial charge in [0.05, 0.1) is 5.71 Å². The molecule has 13 heavy (non-hydrogen) atoms. The van der Waals surface area contributed by atoms with Gasteiger partial charge in [-0.25, -0.2) is 0 Å². The molecule has 0 saturated carbocycles. The van der Waals surface area contributed by atoms with Crippen molar-refractivity contribution >= 4 is 5.71 Å². The Morgan fingerprint density at radius 1 is 1.54 bits per heavy atom. The molecule has 0 saturated heterocycles. The summed E-state index contributed by atoms with van der Waals surface area (Å²) >= 11 is 0. The number of phenols is 1. The number of rotatable bonds is 3. The van der Waals surface area contributed by atoms with E-state index < -0.39 is 0 Å². The first-order valence-corrected chi connectivity index (χ1v) is 3.96. The van der Waals surface area contributed by atoms with E-state index in [2.05, 4.69) is 5.32 Å². The van der Waals surface area contributed by atoms with Crippen molar-refractivity contribution in [1.82, 2.24) is 5.32 Å². The fourth-order valence-corrected chi connectivity index (χ4v) is 0.936. The zero-order valence-electron chi connectivity index (χ0n) is 7.41. The van der Waals surface area contributed by atoms with E-state index in [-0.39, 0.29) is 5.75 Å². The van der Waals surface area contributed by atoms with Crippen molar-refractivity contribution in [2.45, 2.75) is 0 Å². The van der Waals surface area contributed by atoms with E-state index in [1.165, 1.54) is 0 Å². The molecule has 0 aliphatic heterocycles. The van der Waals surface area contributed by atoms with Crippen molar-refractivity contribution in [3.05, 3.63) is 42.1 Å². The van der Waals surface area contributed by atoms with E-state index in [0.29, 0.717) is 11.3 Å². The molecule has 0 unspecified atom stereocenters. The van der Waals surface area contributed by atoms with Crippen LogP contribution in [0, 0.1) is 5.41 Å². The Balaban J connectivity index is 2.83. The number of allylic oxidation sites excluding steroid dienone is 1. The Morgan fingerprint density at radius 3 is 2.92 bits per heavy atom. The fraction of sp³-hybridized carbons (Fsp3) is 0.100. The molecule has 0 radical (unpaired) electrons. The second-order valence-corrected chi connectivity index (χ2v) is 2.59. The monoisotopic (exact) mass is 176 g/mol. The Labute approximate surface area is 77.2 Å². The maximum absolute atomic E-state index is 9.15. The SMILES string of the molecule is CN/C=C\C(=N)c1cccc(O)c1. The molecule has 0 heterocycles. The third-order valence-corrected chi connectivity index (χ3v) is 1.57. The van der Waals surface area contributed by atoms with Crippen LogP contribution in [0.1, 0.15) is 5.56 Å². The summed E-state index contributed by atoms with van der Waals surface area (Å²) in [5, 5.41) is 19.5. The first kappa shape index (κ1) is 9.32. The summed E-state index contributed by atoms with van der Waals surface area (Å²) < 4.78 is 0.